The molecule has 1 heterocycles. The molecular weight excluding hydrogens is 394 g/mol. The van der Waals surface area contributed by atoms with Crippen LogP contribution in [0.15, 0.2) is 54.6 Å². The van der Waals surface area contributed by atoms with Crippen LogP contribution in [-0.4, -0.2) is 40.6 Å². The van der Waals surface area contributed by atoms with Crippen LogP contribution in [0.2, 0.25) is 0 Å². The maximum atomic E-state index is 12.3. The van der Waals surface area contributed by atoms with Gasteiger partial charge in [-0.05, 0) is 24.1 Å². The molecule has 3 rings (SSSR count). The molecule has 156 valence electrons. The summed E-state index contributed by atoms with van der Waals surface area (Å²) < 4.78 is 10.2. The number of amides is 2. The topological polar surface area (TPSA) is 128 Å². The number of non-ortho nitro benzene ring substituents is 1. The molecule has 0 radical (unpaired) electrons. The zero-order chi connectivity index (χ0) is 21.5. The SMILES string of the molecule is O=C(CCC1C(=O)OCN1C(=O)OCc1ccccc1)Nc1ccc([N+](=O)[O-])cc1. The van der Waals surface area contributed by atoms with E-state index >= 15 is 0 Å². The van der Waals surface area contributed by atoms with E-state index in [4.69, 9.17) is 9.47 Å². The van der Waals surface area contributed by atoms with Crippen molar-refractivity contribution in [3.8, 4) is 0 Å². The van der Waals surface area contributed by atoms with Crippen LogP contribution >= 0.6 is 0 Å². The summed E-state index contributed by atoms with van der Waals surface area (Å²) in [5.74, 6) is -1.00. The second kappa shape index (κ2) is 9.50. The zero-order valence-corrected chi connectivity index (χ0v) is 15.9. The van der Waals surface area contributed by atoms with Gasteiger partial charge < -0.3 is 14.8 Å². The summed E-state index contributed by atoms with van der Waals surface area (Å²) in [7, 11) is 0. The summed E-state index contributed by atoms with van der Waals surface area (Å²) in [6.45, 7) is -0.182. The highest BCUT2D eigenvalue weighted by atomic mass is 16.6. The van der Waals surface area contributed by atoms with Gasteiger partial charge in [0.1, 0.15) is 12.6 Å². The average molecular weight is 413 g/mol. The van der Waals surface area contributed by atoms with Crippen LogP contribution in [-0.2, 0) is 25.7 Å². The summed E-state index contributed by atoms with van der Waals surface area (Å²) in [4.78, 5) is 47.7. The molecule has 1 saturated heterocycles. The number of anilines is 1. The summed E-state index contributed by atoms with van der Waals surface area (Å²) in [5.41, 5.74) is 1.10. The van der Waals surface area contributed by atoms with Crippen molar-refractivity contribution in [1.82, 2.24) is 4.90 Å². The Morgan fingerprint density at radius 1 is 1.17 bits per heavy atom. The minimum absolute atomic E-state index is 0.0533. The van der Waals surface area contributed by atoms with Gasteiger partial charge in [-0.2, -0.15) is 0 Å². The molecule has 1 atom stereocenters. The van der Waals surface area contributed by atoms with Gasteiger partial charge in [0.15, 0.2) is 6.73 Å². The zero-order valence-electron chi connectivity index (χ0n) is 15.9. The van der Waals surface area contributed by atoms with Crippen molar-refractivity contribution < 1.29 is 28.8 Å². The summed E-state index contributed by atoms with van der Waals surface area (Å²) in [6.07, 6.45) is -0.706. The number of ether oxygens (including phenoxy) is 2. The number of carbonyl (C=O) groups is 3. The Labute approximate surface area is 171 Å². The largest absolute Gasteiger partial charge is 0.444 e. The van der Waals surface area contributed by atoms with Gasteiger partial charge in [0.05, 0.1) is 4.92 Å². The molecule has 1 fully saturated rings. The molecule has 0 saturated carbocycles. The van der Waals surface area contributed by atoms with Gasteiger partial charge in [-0.15, -0.1) is 0 Å². The standard InChI is InChI=1S/C20H19N3O7/c24-18(21-15-6-8-16(9-7-15)23(27)28)11-10-17-19(25)30-13-22(17)20(26)29-12-14-4-2-1-3-5-14/h1-9,17H,10-13H2,(H,21,24). The van der Waals surface area contributed by atoms with Gasteiger partial charge in [-0.25, -0.2) is 9.59 Å². The Hall–Kier alpha value is -3.95. The second-order valence-electron chi connectivity index (χ2n) is 6.51. The van der Waals surface area contributed by atoms with E-state index < -0.39 is 28.9 Å². The number of nitrogens with zero attached hydrogens (tertiary/aromatic N) is 2. The third kappa shape index (κ3) is 5.31. The van der Waals surface area contributed by atoms with E-state index in [0.717, 1.165) is 10.5 Å². The molecule has 0 aromatic heterocycles. The molecule has 2 amide bonds. The molecule has 10 nitrogen and oxygen atoms in total. The molecule has 30 heavy (non-hydrogen) atoms. The van der Waals surface area contributed by atoms with Crippen LogP contribution in [0.5, 0.6) is 0 Å². The van der Waals surface area contributed by atoms with Crippen molar-refractivity contribution in [2.75, 3.05) is 12.0 Å². The monoisotopic (exact) mass is 413 g/mol. The first-order valence-corrected chi connectivity index (χ1v) is 9.12. The minimum Gasteiger partial charge on any atom is -0.444 e. The number of nitro benzene ring substituents is 1. The van der Waals surface area contributed by atoms with Gasteiger partial charge in [-0.3, -0.25) is 19.8 Å². The first kappa shape index (κ1) is 20.8. The van der Waals surface area contributed by atoms with Crippen LogP contribution in [0.4, 0.5) is 16.2 Å². The van der Waals surface area contributed by atoms with Gasteiger partial charge >= 0.3 is 12.1 Å². The maximum Gasteiger partial charge on any atom is 0.413 e. The van der Waals surface area contributed by atoms with Crippen molar-refractivity contribution in [3.05, 3.63) is 70.3 Å². The quantitative estimate of drug-likeness (QED) is 0.420. The molecule has 1 aliphatic heterocycles. The number of hydrogen-bond acceptors (Lipinski definition) is 7. The van der Waals surface area contributed by atoms with Crippen LogP contribution in [0.3, 0.4) is 0 Å². The van der Waals surface area contributed by atoms with E-state index in [1.54, 1.807) is 12.1 Å². The van der Waals surface area contributed by atoms with E-state index in [9.17, 15) is 24.5 Å². The first-order chi connectivity index (χ1) is 14.4. The molecule has 1 N–H and O–H groups in total. The van der Waals surface area contributed by atoms with Gasteiger partial charge in [-0.1, -0.05) is 30.3 Å². The minimum atomic E-state index is -0.920. The number of esters is 1. The number of nitrogens with one attached hydrogen (secondary N) is 1. The van der Waals surface area contributed by atoms with Crippen LogP contribution in [0.1, 0.15) is 18.4 Å². The number of carbonyl (C=O) groups excluding carboxylic acids is 3. The number of benzene rings is 2. The molecule has 2 aromatic rings. The van der Waals surface area contributed by atoms with Gasteiger partial charge in [0.2, 0.25) is 5.91 Å². The third-order valence-corrected chi connectivity index (χ3v) is 4.44. The van der Waals surface area contributed by atoms with Crippen molar-refractivity contribution in [2.24, 2.45) is 0 Å². The molecule has 2 aromatic carbocycles. The molecular formula is C20H19N3O7. The van der Waals surface area contributed by atoms with E-state index in [0.29, 0.717) is 5.69 Å². The normalized spacial score (nSPS) is 15.4. The first-order valence-electron chi connectivity index (χ1n) is 9.12. The van der Waals surface area contributed by atoms with E-state index in [2.05, 4.69) is 5.32 Å². The lowest BCUT2D eigenvalue weighted by Crippen LogP contribution is -2.39. The highest BCUT2D eigenvalue weighted by Crippen LogP contribution is 2.20. The highest BCUT2D eigenvalue weighted by molar-refractivity contribution is 5.91. The van der Waals surface area contributed by atoms with E-state index in [-0.39, 0.29) is 31.9 Å². The lowest BCUT2D eigenvalue weighted by molar-refractivity contribution is -0.384. The summed E-state index contributed by atoms with van der Waals surface area (Å²) in [6, 6.07) is 13.5. The summed E-state index contributed by atoms with van der Waals surface area (Å²) in [5, 5.41) is 13.2. The molecule has 0 bridgehead atoms. The molecule has 10 heteroatoms. The van der Waals surface area contributed by atoms with Crippen molar-refractivity contribution in [1.29, 1.82) is 0 Å². The Morgan fingerprint density at radius 2 is 1.87 bits per heavy atom. The highest BCUT2D eigenvalue weighted by Gasteiger charge is 2.38. The fraction of sp³-hybridized carbons (Fsp3) is 0.250. The Balaban J connectivity index is 1.50. The predicted molar refractivity (Wildman–Crippen MR) is 104 cm³/mol. The molecule has 0 spiro atoms. The number of rotatable bonds is 7. The van der Waals surface area contributed by atoms with Crippen molar-refractivity contribution in [2.45, 2.75) is 25.5 Å². The Kier molecular flexibility index (Phi) is 6.58. The fourth-order valence-electron chi connectivity index (χ4n) is 2.86. The molecule has 1 unspecified atom stereocenters. The van der Waals surface area contributed by atoms with Crippen LogP contribution < -0.4 is 5.32 Å². The number of cyclic esters (lactones) is 1. The van der Waals surface area contributed by atoms with Gasteiger partial charge in [0, 0.05) is 24.2 Å². The Morgan fingerprint density at radius 3 is 2.53 bits per heavy atom. The Bertz CT molecular complexity index is 931. The van der Waals surface area contributed by atoms with Crippen molar-refractivity contribution >= 4 is 29.3 Å². The lowest BCUT2D eigenvalue weighted by atomic mass is 10.1. The number of nitro groups is 1. The number of hydrogen-bond donors (Lipinski definition) is 1. The van der Waals surface area contributed by atoms with Crippen LogP contribution in [0.25, 0.3) is 0 Å². The lowest BCUT2D eigenvalue weighted by Gasteiger charge is -2.19. The van der Waals surface area contributed by atoms with E-state index in [1.165, 1.54) is 24.3 Å². The van der Waals surface area contributed by atoms with Crippen LogP contribution in [0, 0.1) is 10.1 Å². The van der Waals surface area contributed by atoms with Gasteiger partial charge in [0.25, 0.3) is 5.69 Å². The predicted octanol–water partition coefficient (Wildman–Crippen LogP) is 2.84. The summed E-state index contributed by atoms with van der Waals surface area (Å²) >= 11 is 0. The third-order valence-electron chi connectivity index (χ3n) is 4.44. The fourth-order valence-corrected chi connectivity index (χ4v) is 2.86. The smallest absolute Gasteiger partial charge is 0.413 e. The maximum absolute atomic E-state index is 12.3. The average Bonchev–Trinajstić information content (AvgIpc) is 3.12. The van der Waals surface area contributed by atoms with E-state index in [1.807, 2.05) is 18.2 Å². The molecule has 0 aliphatic carbocycles. The second-order valence-corrected chi connectivity index (χ2v) is 6.51. The van der Waals surface area contributed by atoms with Crippen molar-refractivity contribution in [3.63, 3.8) is 0 Å². The molecule has 1 aliphatic rings.